The first-order valence-electron chi connectivity index (χ1n) is 7.29. The molecule has 0 atom stereocenters. The van der Waals surface area contributed by atoms with Crippen LogP contribution in [0.2, 0.25) is 0 Å². The van der Waals surface area contributed by atoms with E-state index in [2.05, 4.69) is 10.3 Å². The molecule has 6 nitrogen and oxygen atoms in total. The van der Waals surface area contributed by atoms with Gasteiger partial charge in [0, 0.05) is 37.1 Å². The first-order valence-corrected chi connectivity index (χ1v) is 7.29. The highest BCUT2D eigenvalue weighted by molar-refractivity contribution is 5.68. The number of rotatable bonds is 2. The highest BCUT2D eigenvalue weighted by Crippen LogP contribution is 2.19. The van der Waals surface area contributed by atoms with E-state index in [1.54, 1.807) is 11.1 Å². The van der Waals surface area contributed by atoms with Crippen LogP contribution in [-0.4, -0.2) is 40.7 Å². The van der Waals surface area contributed by atoms with Crippen molar-refractivity contribution in [2.45, 2.75) is 45.3 Å². The summed E-state index contributed by atoms with van der Waals surface area (Å²) >= 11 is 0. The molecule has 1 aromatic rings. The zero-order valence-electron chi connectivity index (χ0n) is 12.9. The maximum Gasteiger partial charge on any atom is 0.410 e. The van der Waals surface area contributed by atoms with Gasteiger partial charge in [0.25, 0.3) is 0 Å². The van der Waals surface area contributed by atoms with Crippen LogP contribution >= 0.6 is 0 Å². The van der Waals surface area contributed by atoms with Crippen molar-refractivity contribution in [3.8, 4) is 0 Å². The summed E-state index contributed by atoms with van der Waals surface area (Å²) in [5.41, 5.74) is 6.19. The smallest absolute Gasteiger partial charge is 0.410 e. The molecule has 1 aromatic heterocycles. The van der Waals surface area contributed by atoms with Crippen molar-refractivity contribution in [2.75, 3.05) is 24.1 Å². The molecule has 1 fully saturated rings. The number of piperidine rings is 1. The largest absolute Gasteiger partial charge is 0.444 e. The number of hydrogen-bond acceptors (Lipinski definition) is 5. The number of anilines is 2. The van der Waals surface area contributed by atoms with Gasteiger partial charge in [0.2, 0.25) is 0 Å². The minimum absolute atomic E-state index is 0.228. The van der Waals surface area contributed by atoms with E-state index in [0.717, 1.165) is 18.5 Å². The van der Waals surface area contributed by atoms with Crippen LogP contribution in [0.3, 0.4) is 0 Å². The van der Waals surface area contributed by atoms with E-state index < -0.39 is 5.60 Å². The molecule has 0 bridgehead atoms. The summed E-state index contributed by atoms with van der Waals surface area (Å²) in [7, 11) is 0. The summed E-state index contributed by atoms with van der Waals surface area (Å²) in [4.78, 5) is 17.7. The van der Waals surface area contributed by atoms with Gasteiger partial charge < -0.3 is 20.7 Å². The van der Waals surface area contributed by atoms with E-state index in [4.69, 9.17) is 10.5 Å². The van der Waals surface area contributed by atoms with E-state index in [0.29, 0.717) is 24.9 Å². The zero-order valence-corrected chi connectivity index (χ0v) is 12.9. The molecule has 0 unspecified atom stereocenters. The quantitative estimate of drug-likeness (QED) is 0.875. The number of carbonyl (C=O) groups is 1. The first-order chi connectivity index (χ1) is 9.83. The minimum atomic E-state index is -0.444. The molecule has 1 aliphatic heterocycles. The molecule has 0 saturated carbocycles. The molecule has 2 rings (SSSR count). The number of aromatic nitrogens is 1. The van der Waals surface area contributed by atoms with E-state index in [1.165, 1.54) is 0 Å². The SMILES string of the molecule is CC(C)(C)OC(=O)N1CCC(Nc2ccnc(N)c2)CC1. The Morgan fingerprint density at radius 2 is 2.10 bits per heavy atom. The van der Waals surface area contributed by atoms with E-state index in [9.17, 15) is 4.79 Å². The molecule has 21 heavy (non-hydrogen) atoms. The van der Waals surface area contributed by atoms with Crippen LogP contribution < -0.4 is 11.1 Å². The molecular formula is C15H24N4O2. The average molecular weight is 292 g/mol. The fourth-order valence-corrected chi connectivity index (χ4v) is 2.31. The number of nitrogens with two attached hydrogens (primary N) is 1. The number of nitrogens with one attached hydrogen (secondary N) is 1. The van der Waals surface area contributed by atoms with Gasteiger partial charge in [0.15, 0.2) is 0 Å². The first kappa shape index (κ1) is 15.4. The molecule has 116 valence electrons. The summed E-state index contributed by atoms with van der Waals surface area (Å²) in [6.07, 6.45) is 3.24. The predicted molar refractivity (Wildman–Crippen MR) is 83.1 cm³/mol. The standard InChI is InChI=1S/C15H24N4O2/c1-15(2,3)21-14(20)19-8-5-11(6-9-19)18-12-4-7-17-13(16)10-12/h4,7,10-11H,5-6,8-9H2,1-3H3,(H3,16,17,18). The lowest BCUT2D eigenvalue weighted by molar-refractivity contribution is 0.0210. The van der Waals surface area contributed by atoms with Crippen molar-refractivity contribution in [1.29, 1.82) is 0 Å². The zero-order chi connectivity index (χ0) is 15.5. The molecule has 0 spiro atoms. The highest BCUT2D eigenvalue weighted by Gasteiger charge is 2.26. The number of likely N-dealkylation sites (tertiary alicyclic amines) is 1. The van der Waals surface area contributed by atoms with Crippen LogP contribution in [0.5, 0.6) is 0 Å². The molecule has 6 heteroatoms. The number of hydrogen-bond donors (Lipinski definition) is 2. The monoisotopic (exact) mass is 292 g/mol. The van der Waals surface area contributed by atoms with Gasteiger partial charge >= 0.3 is 6.09 Å². The summed E-state index contributed by atoms with van der Waals surface area (Å²) in [5, 5.41) is 3.43. The van der Waals surface area contributed by atoms with Gasteiger partial charge in [0.1, 0.15) is 11.4 Å². The van der Waals surface area contributed by atoms with Crippen LogP contribution in [-0.2, 0) is 4.74 Å². The van der Waals surface area contributed by atoms with Gasteiger partial charge in [-0.25, -0.2) is 9.78 Å². The Hall–Kier alpha value is -1.98. The maximum atomic E-state index is 12.0. The van der Waals surface area contributed by atoms with E-state index in [-0.39, 0.29) is 6.09 Å². The number of pyridine rings is 1. The number of nitrogens with zero attached hydrogens (tertiary/aromatic N) is 2. The third-order valence-electron chi connectivity index (χ3n) is 3.30. The van der Waals surface area contributed by atoms with Crippen LogP contribution in [0.15, 0.2) is 18.3 Å². The summed E-state index contributed by atoms with van der Waals surface area (Å²) in [6, 6.07) is 4.06. The van der Waals surface area contributed by atoms with Crippen molar-refractivity contribution in [1.82, 2.24) is 9.88 Å². The van der Waals surface area contributed by atoms with Gasteiger partial charge in [-0.2, -0.15) is 0 Å². The molecule has 0 radical (unpaired) electrons. The van der Waals surface area contributed by atoms with Gasteiger partial charge in [0.05, 0.1) is 0 Å². The van der Waals surface area contributed by atoms with Gasteiger partial charge in [-0.1, -0.05) is 0 Å². The average Bonchev–Trinajstić information content (AvgIpc) is 2.37. The lowest BCUT2D eigenvalue weighted by Gasteiger charge is -2.34. The third-order valence-corrected chi connectivity index (χ3v) is 3.30. The van der Waals surface area contributed by atoms with Crippen molar-refractivity contribution in [3.63, 3.8) is 0 Å². The normalized spacial score (nSPS) is 16.6. The topological polar surface area (TPSA) is 80.5 Å². The molecule has 2 heterocycles. The van der Waals surface area contributed by atoms with Gasteiger partial charge in [-0.05, 0) is 39.7 Å². The Morgan fingerprint density at radius 3 is 2.67 bits per heavy atom. The highest BCUT2D eigenvalue weighted by atomic mass is 16.6. The molecule has 1 amide bonds. The lowest BCUT2D eigenvalue weighted by Crippen LogP contribution is -2.44. The Kier molecular flexibility index (Phi) is 4.55. The lowest BCUT2D eigenvalue weighted by atomic mass is 10.1. The Bertz CT molecular complexity index is 491. The van der Waals surface area contributed by atoms with Crippen molar-refractivity contribution in [2.24, 2.45) is 0 Å². The fraction of sp³-hybridized carbons (Fsp3) is 0.600. The van der Waals surface area contributed by atoms with Crippen LogP contribution in [0.1, 0.15) is 33.6 Å². The minimum Gasteiger partial charge on any atom is -0.444 e. The van der Waals surface area contributed by atoms with Crippen molar-refractivity contribution in [3.05, 3.63) is 18.3 Å². The Labute approximate surface area is 125 Å². The molecule has 1 aliphatic rings. The second-order valence-corrected chi connectivity index (χ2v) is 6.36. The third kappa shape index (κ3) is 4.81. The Morgan fingerprint density at radius 1 is 1.43 bits per heavy atom. The molecule has 3 N–H and O–H groups in total. The van der Waals surface area contributed by atoms with Crippen LogP contribution in [0.25, 0.3) is 0 Å². The number of amides is 1. The molecule has 0 aromatic carbocycles. The summed E-state index contributed by atoms with van der Waals surface area (Å²) in [5.74, 6) is 0.506. The van der Waals surface area contributed by atoms with Crippen LogP contribution in [0.4, 0.5) is 16.3 Å². The number of carbonyl (C=O) groups excluding carboxylic acids is 1. The van der Waals surface area contributed by atoms with E-state index >= 15 is 0 Å². The maximum absolute atomic E-state index is 12.0. The molecule has 0 aliphatic carbocycles. The second kappa shape index (κ2) is 6.20. The van der Waals surface area contributed by atoms with Crippen molar-refractivity contribution >= 4 is 17.6 Å². The van der Waals surface area contributed by atoms with E-state index in [1.807, 2.05) is 32.9 Å². The second-order valence-electron chi connectivity index (χ2n) is 6.36. The molecule has 1 saturated heterocycles. The summed E-state index contributed by atoms with van der Waals surface area (Å²) in [6.45, 7) is 7.05. The number of ether oxygens (including phenoxy) is 1. The number of nitrogen functional groups attached to an aromatic ring is 1. The Balaban J connectivity index is 1.82. The molecular weight excluding hydrogens is 268 g/mol. The van der Waals surface area contributed by atoms with Crippen molar-refractivity contribution < 1.29 is 9.53 Å². The predicted octanol–water partition coefficient (Wildman–Crippen LogP) is 2.48. The fourth-order valence-electron chi connectivity index (χ4n) is 2.31. The summed E-state index contributed by atoms with van der Waals surface area (Å²) < 4.78 is 5.39. The van der Waals surface area contributed by atoms with Gasteiger partial charge in [-0.15, -0.1) is 0 Å². The van der Waals surface area contributed by atoms with Crippen LogP contribution in [0, 0.1) is 0 Å². The van der Waals surface area contributed by atoms with Gasteiger partial charge in [-0.3, -0.25) is 0 Å².